The number of nitrogens with zero attached hydrogens (tertiary/aromatic N) is 3. The van der Waals surface area contributed by atoms with Crippen LogP contribution in [0.4, 0.5) is 0 Å². The minimum absolute atomic E-state index is 0.0631. The fraction of sp³-hybridized carbons (Fsp3) is 0.0870. The smallest absolute Gasteiger partial charge is 0.290 e. The zero-order valence-electron chi connectivity index (χ0n) is 17.1. The van der Waals surface area contributed by atoms with Crippen LogP contribution in [0.2, 0.25) is 0 Å². The molecule has 1 amide bonds. The van der Waals surface area contributed by atoms with Crippen molar-refractivity contribution in [2.24, 2.45) is 0 Å². The first-order chi connectivity index (χ1) is 15.5. The van der Waals surface area contributed by atoms with E-state index in [-0.39, 0.29) is 18.6 Å². The highest BCUT2D eigenvalue weighted by Gasteiger charge is 2.18. The summed E-state index contributed by atoms with van der Waals surface area (Å²) in [5.74, 6) is 0.134. The zero-order valence-corrected chi connectivity index (χ0v) is 17.1. The molecule has 1 aromatic carbocycles. The van der Waals surface area contributed by atoms with Crippen molar-refractivity contribution in [3.63, 3.8) is 0 Å². The molecule has 0 atom stereocenters. The summed E-state index contributed by atoms with van der Waals surface area (Å²) in [6, 6.07) is 18.2. The molecule has 32 heavy (non-hydrogen) atoms. The second-order valence-corrected chi connectivity index (χ2v) is 6.66. The van der Waals surface area contributed by atoms with Crippen LogP contribution in [0.15, 0.2) is 82.4 Å². The number of nitrogens with one attached hydrogen (secondary N) is 1. The number of H-pyrrole nitrogens is 1. The molecule has 9 heteroatoms. The van der Waals surface area contributed by atoms with E-state index in [0.29, 0.717) is 17.1 Å². The van der Waals surface area contributed by atoms with Crippen LogP contribution in [-0.2, 0) is 11.3 Å². The fourth-order valence-corrected chi connectivity index (χ4v) is 2.99. The van der Waals surface area contributed by atoms with Gasteiger partial charge in [-0.2, -0.15) is 0 Å². The third kappa shape index (κ3) is 5.33. The van der Waals surface area contributed by atoms with Crippen molar-refractivity contribution in [2.75, 3.05) is 7.05 Å². The Morgan fingerprint density at radius 2 is 1.78 bits per heavy atom. The lowest BCUT2D eigenvalue weighted by atomic mass is 10.1. The highest BCUT2D eigenvalue weighted by Crippen LogP contribution is 2.20. The number of hydrogen-bond acceptors (Lipinski definition) is 6. The van der Waals surface area contributed by atoms with Gasteiger partial charge in [0, 0.05) is 42.3 Å². The number of carbonyl (C=O) groups excluding carboxylic acids is 1. The molecular weight excluding hydrogens is 412 g/mol. The van der Waals surface area contributed by atoms with E-state index in [1.807, 2.05) is 30.3 Å². The molecule has 0 spiro atoms. The number of aromatic amines is 1. The Morgan fingerprint density at radius 1 is 1.09 bits per heavy atom. The van der Waals surface area contributed by atoms with Crippen LogP contribution >= 0.6 is 0 Å². The molecule has 0 bridgehead atoms. The summed E-state index contributed by atoms with van der Waals surface area (Å²) in [6.07, 6.45) is 3.28. The molecule has 4 aromatic rings. The summed E-state index contributed by atoms with van der Waals surface area (Å²) in [6.45, 7) is -0.0514. The fourth-order valence-electron chi connectivity index (χ4n) is 2.99. The molecule has 0 saturated carbocycles. The zero-order chi connectivity index (χ0) is 22.9. The lowest BCUT2D eigenvalue weighted by Gasteiger charge is -2.15. The van der Waals surface area contributed by atoms with E-state index < -0.39 is 11.5 Å². The Hall–Kier alpha value is -4.53. The van der Waals surface area contributed by atoms with Crippen LogP contribution in [0, 0.1) is 0 Å². The second-order valence-electron chi connectivity index (χ2n) is 6.66. The van der Waals surface area contributed by atoms with Gasteiger partial charge < -0.3 is 19.5 Å². The summed E-state index contributed by atoms with van der Waals surface area (Å²) in [7, 11) is 1.61. The van der Waals surface area contributed by atoms with E-state index >= 15 is 0 Å². The summed E-state index contributed by atoms with van der Waals surface area (Å²) in [5, 5.41) is 10.9. The molecule has 3 heterocycles. The first kappa shape index (κ1) is 22.2. The van der Waals surface area contributed by atoms with Crippen molar-refractivity contribution >= 4 is 12.4 Å². The molecule has 0 fully saturated rings. The van der Waals surface area contributed by atoms with Crippen LogP contribution in [0.25, 0.3) is 22.5 Å². The topological polar surface area (TPSA) is 129 Å². The molecule has 9 nitrogen and oxygen atoms in total. The Bertz CT molecular complexity index is 1240. The Kier molecular flexibility index (Phi) is 7.26. The van der Waals surface area contributed by atoms with Crippen LogP contribution in [-0.4, -0.2) is 44.6 Å². The van der Waals surface area contributed by atoms with Gasteiger partial charge in [-0.15, -0.1) is 0 Å². The largest absolute Gasteiger partial charge is 0.483 e. The predicted molar refractivity (Wildman–Crippen MR) is 117 cm³/mol. The van der Waals surface area contributed by atoms with Gasteiger partial charge in [-0.3, -0.25) is 19.4 Å². The van der Waals surface area contributed by atoms with Gasteiger partial charge in [0.15, 0.2) is 5.76 Å². The quantitative estimate of drug-likeness (QED) is 0.464. The molecule has 0 aliphatic rings. The molecule has 3 aromatic heterocycles. The van der Waals surface area contributed by atoms with Crippen molar-refractivity contribution in [3.05, 3.63) is 94.7 Å². The second kappa shape index (κ2) is 10.5. The van der Waals surface area contributed by atoms with Crippen molar-refractivity contribution in [2.45, 2.75) is 6.54 Å². The SMILES string of the molecule is CN(Cc1cc(-c2ccccc2)no1)C(=O)c1ccc(-c2ccncc2)[nH]c1=O.O=CO. The lowest BCUT2D eigenvalue weighted by molar-refractivity contribution is -0.122. The summed E-state index contributed by atoms with van der Waals surface area (Å²) < 4.78 is 5.35. The molecule has 4 rings (SSSR count). The highest BCUT2D eigenvalue weighted by atomic mass is 16.5. The first-order valence-electron chi connectivity index (χ1n) is 9.51. The number of rotatable bonds is 5. The van der Waals surface area contributed by atoms with E-state index in [9.17, 15) is 9.59 Å². The van der Waals surface area contributed by atoms with Gasteiger partial charge in [-0.05, 0) is 24.3 Å². The molecule has 0 radical (unpaired) electrons. The molecule has 0 aliphatic heterocycles. The van der Waals surface area contributed by atoms with Gasteiger partial charge in [0.1, 0.15) is 11.3 Å². The number of amides is 1. The molecule has 2 N–H and O–H groups in total. The molecule has 0 saturated heterocycles. The van der Waals surface area contributed by atoms with E-state index in [1.54, 1.807) is 43.7 Å². The average Bonchev–Trinajstić information content (AvgIpc) is 3.29. The highest BCUT2D eigenvalue weighted by molar-refractivity contribution is 5.93. The Labute approximate surface area is 183 Å². The van der Waals surface area contributed by atoms with Crippen LogP contribution < -0.4 is 5.56 Å². The number of carboxylic acid groups (broad SMARTS) is 1. The summed E-state index contributed by atoms with van der Waals surface area (Å²) >= 11 is 0. The number of hydrogen-bond donors (Lipinski definition) is 2. The van der Waals surface area contributed by atoms with E-state index in [1.165, 1.54) is 11.0 Å². The van der Waals surface area contributed by atoms with Crippen LogP contribution in [0.5, 0.6) is 0 Å². The van der Waals surface area contributed by atoms with Crippen molar-refractivity contribution in [1.29, 1.82) is 0 Å². The van der Waals surface area contributed by atoms with Gasteiger partial charge in [0.2, 0.25) is 0 Å². The molecular formula is C23H20N4O5. The van der Waals surface area contributed by atoms with Gasteiger partial charge in [-0.25, -0.2) is 0 Å². The minimum Gasteiger partial charge on any atom is -0.483 e. The third-order valence-electron chi connectivity index (χ3n) is 4.50. The maximum atomic E-state index is 12.7. The van der Waals surface area contributed by atoms with E-state index in [0.717, 1.165) is 11.1 Å². The van der Waals surface area contributed by atoms with Crippen LogP contribution in [0.3, 0.4) is 0 Å². The predicted octanol–water partition coefficient (Wildman–Crippen LogP) is 3.06. The monoisotopic (exact) mass is 432 g/mol. The number of aromatic nitrogens is 3. The first-order valence-corrected chi connectivity index (χ1v) is 9.51. The van der Waals surface area contributed by atoms with Crippen molar-refractivity contribution in [1.82, 2.24) is 20.0 Å². The lowest BCUT2D eigenvalue weighted by Crippen LogP contribution is -2.31. The van der Waals surface area contributed by atoms with E-state index in [4.69, 9.17) is 14.4 Å². The summed E-state index contributed by atoms with van der Waals surface area (Å²) in [5.41, 5.74) is 2.69. The minimum atomic E-state index is -0.446. The molecule has 162 valence electrons. The maximum absolute atomic E-state index is 12.7. The van der Waals surface area contributed by atoms with Gasteiger partial charge in [0.25, 0.3) is 17.9 Å². The molecule has 0 unspecified atom stereocenters. The number of benzene rings is 1. The van der Waals surface area contributed by atoms with E-state index in [2.05, 4.69) is 15.1 Å². The Balaban J connectivity index is 0.000000913. The van der Waals surface area contributed by atoms with Gasteiger partial charge in [-0.1, -0.05) is 35.5 Å². The number of pyridine rings is 2. The normalized spacial score (nSPS) is 10.0. The standard InChI is InChI=1S/C22H18N4O3.CH2O2/c1-26(14-17-13-20(25-29-17)15-5-3-2-4-6-15)22(28)18-7-8-19(24-21(18)27)16-9-11-23-12-10-16;2-1-3/h2-13H,14H2,1H3,(H,24,27);1H,(H,2,3). The van der Waals surface area contributed by atoms with Crippen molar-refractivity contribution in [3.8, 4) is 22.5 Å². The third-order valence-corrected chi connectivity index (χ3v) is 4.50. The van der Waals surface area contributed by atoms with Gasteiger partial charge >= 0.3 is 0 Å². The number of carbonyl (C=O) groups is 2. The maximum Gasteiger partial charge on any atom is 0.290 e. The Morgan fingerprint density at radius 3 is 2.44 bits per heavy atom. The van der Waals surface area contributed by atoms with Gasteiger partial charge in [0.05, 0.1) is 6.54 Å². The van der Waals surface area contributed by atoms with Crippen LogP contribution in [0.1, 0.15) is 16.1 Å². The average molecular weight is 432 g/mol. The van der Waals surface area contributed by atoms with Crippen molar-refractivity contribution < 1.29 is 19.2 Å². The molecule has 0 aliphatic carbocycles. The summed E-state index contributed by atoms with van der Waals surface area (Å²) in [4.78, 5) is 41.7.